The van der Waals surface area contributed by atoms with Crippen LogP contribution in [0.1, 0.15) is 18.1 Å². The van der Waals surface area contributed by atoms with E-state index < -0.39 is 22.7 Å². The van der Waals surface area contributed by atoms with Crippen LogP contribution in [0.2, 0.25) is 0 Å². The third kappa shape index (κ3) is 3.19. The fourth-order valence-electron chi connectivity index (χ4n) is 3.41. The fourth-order valence-corrected chi connectivity index (χ4v) is 3.41. The topological polar surface area (TPSA) is 77.3 Å². The van der Waals surface area contributed by atoms with Crippen molar-refractivity contribution in [3.63, 3.8) is 0 Å². The number of nitrogens with one attached hydrogen (secondary N) is 1. The van der Waals surface area contributed by atoms with Crippen molar-refractivity contribution in [2.45, 2.75) is 18.6 Å². The number of nitrogens with zero attached hydrogens (tertiary/aromatic N) is 2. The number of fused-ring (bicyclic) bond motifs is 1. The van der Waals surface area contributed by atoms with Crippen molar-refractivity contribution in [2.75, 3.05) is 11.9 Å². The van der Waals surface area contributed by atoms with Crippen molar-refractivity contribution in [1.82, 2.24) is 4.98 Å². The van der Waals surface area contributed by atoms with Gasteiger partial charge in [-0.05, 0) is 48.4 Å². The Balaban J connectivity index is 1.69. The number of halogens is 2. The monoisotopic (exact) mass is 371 g/mol. The average Bonchev–Trinajstić information content (AvgIpc) is 3.11. The zero-order chi connectivity index (χ0) is 19.0. The van der Waals surface area contributed by atoms with E-state index in [9.17, 15) is 18.9 Å². The summed E-state index contributed by atoms with van der Waals surface area (Å²) >= 11 is 0. The molecule has 4 rings (SSSR count). The number of anilines is 1. The molecule has 0 bridgehead atoms. The summed E-state index contributed by atoms with van der Waals surface area (Å²) in [4.78, 5) is 15.4. The van der Waals surface area contributed by atoms with E-state index in [-0.39, 0.29) is 11.7 Å². The van der Waals surface area contributed by atoms with Gasteiger partial charge in [0, 0.05) is 12.8 Å². The van der Waals surface area contributed by atoms with Gasteiger partial charge in [-0.3, -0.25) is 15.1 Å². The smallest absolute Gasteiger partial charge is 0.301 e. The largest absolute Gasteiger partial charge is 0.374 e. The molecule has 2 unspecified atom stereocenters. The van der Waals surface area contributed by atoms with Crippen LogP contribution in [0.5, 0.6) is 0 Å². The lowest BCUT2D eigenvalue weighted by atomic mass is 10.0. The van der Waals surface area contributed by atoms with E-state index >= 15 is 0 Å². The van der Waals surface area contributed by atoms with E-state index in [2.05, 4.69) is 10.3 Å². The summed E-state index contributed by atoms with van der Waals surface area (Å²) in [7, 11) is 0. The van der Waals surface area contributed by atoms with Crippen LogP contribution in [0.3, 0.4) is 0 Å². The highest BCUT2D eigenvalue weighted by Crippen LogP contribution is 2.37. The Kier molecular flexibility index (Phi) is 4.41. The number of nitro groups is 1. The molecule has 2 heterocycles. The molecule has 1 fully saturated rings. The highest BCUT2D eigenvalue weighted by molar-refractivity contribution is 5.94. The normalized spacial score (nSPS) is 19.3. The molecule has 6 nitrogen and oxygen atoms in total. The molecule has 1 aliphatic rings. The van der Waals surface area contributed by atoms with Crippen LogP contribution in [0, 0.1) is 21.7 Å². The molecule has 138 valence electrons. The third-order valence-corrected chi connectivity index (χ3v) is 4.64. The Morgan fingerprint density at radius 2 is 2.04 bits per heavy atom. The summed E-state index contributed by atoms with van der Waals surface area (Å²) in [5.74, 6) is -1.89. The van der Waals surface area contributed by atoms with Crippen LogP contribution in [0.15, 0.2) is 48.7 Å². The van der Waals surface area contributed by atoms with Gasteiger partial charge in [-0.15, -0.1) is 0 Å². The van der Waals surface area contributed by atoms with Crippen LogP contribution < -0.4 is 5.32 Å². The van der Waals surface area contributed by atoms with Gasteiger partial charge in [-0.1, -0.05) is 6.07 Å². The molecule has 0 aliphatic carbocycles. The van der Waals surface area contributed by atoms with E-state index in [0.717, 1.165) is 12.1 Å². The van der Waals surface area contributed by atoms with E-state index in [0.29, 0.717) is 35.2 Å². The molecule has 0 spiro atoms. The van der Waals surface area contributed by atoms with Gasteiger partial charge in [0.05, 0.1) is 21.9 Å². The predicted octanol–water partition coefficient (Wildman–Crippen LogP) is 4.36. The van der Waals surface area contributed by atoms with Gasteiger partial charge in [0.2, 0.25) is 0 Å². The third-order valence-electron chi connectivity index (χ3n) is 4.64. The predicted molar refractivity (Wildman–Crippen MR) is 95.5 cm³/mol. The number of aromatic nitrogens is 1. The van der Waals surface area contributed by atoms with Crippen molar-refractivity contribution < 1.29 is 18.4 Å². The standard InChI is InChI=1S/C19H15F2N3O3/c20-13-4-3-11(10-14(13)21)19-17(7-9-27-19)23-16-6-5-15-12(2-1-8-22-15)18(16)24(25)26/h1-6,8,10,17,19,23H,7,9H2. The Hall–Kier alpha value is -3.13. The molecule has 27 heavy (non-hydrogen) atoms. The molecular weight excluding hydrogens is 356 g/mol. The molecule has 0 saturated carbocycles. The number of hydrogen-bond donors (Lipinski definition) is 1. The maximum atomic E-state index is 13.6. The minimum absolute atomic E-state index is 0.0727. The first-order valence-electron chi connectivity index (χ1n) is 8.40. The second-order valence-electron chi connectivity index (χ2n) is 6.29. The molecule has 8 heteroatoms. The van der Waals surface area contributed by atoms with Gasteiger partial charge in [-0.25, -0.2) is 8.78 Å². The average molecular weight is 371 g/mol. The molecule has 2 atom stereocenters. The molecule has 1 aromatic heterocycles. The fraction of sp³-hybridized carbons (Fsp3) is 0.211. The molecule has 0 radical (unpaired) electrons. The molecular formula is C19H15F2N3O3. The minimum atomic E-state index is -0.954. The summed E-state index contributed by atoms with van der Waals surface area (Å²) in [6.45, 7) is 0.407. The quantitative estimate of drug-likeness (QED) is 0.545. The van der Waals surface area contributed by atoms with Gasteiger partial charge in [0.15, 0.2) is 11.6 Å². The first kappa shape index (κ1) is 17.3. The van der Waals surface area contributed by atoms with Crippen molar-refractivity contribution in [2.24, 2.45) is 0 Å². The summed E-state index contributed by atoms with van der Waals surface area (Å²) in [5, 5.41) is 15.2. The van der Waals surface area contributed by atoms with Crippen molar-refractivity contribution >= 4 is 22.3 Å². The zero-order valence-corrected chi connectivity index (χ0v) is 14.1. The summed E-state index contributed by atoms with van der Waals surface area (Å²) in [6.07, 6.45) is 1.61. The lowest BCUT2D eigenvalue weighted by Crippen LogP contribution is -2.24. The number of ether oxygens (including phenoxy) is 1. The van der Waals surface area contributed by atoms with Gasteiger partial charge < -0.3 is 10.1 Å². The molecule has 3 aromatic rings. The van der Waals surface area contributed by atoms with E-state index in [4.69, 9.17) is 4.74 Å². The highest BCUT2D eigenvalue weighted by Gasteiger charge is 2.32. The van der Waals surface area contributed by atoms with E-state index in [1.807, 2.05) is 0 Å². The first-order chi connectivity index (χ1) is 13.0. The number of pyridine rings is 1. The SMILES string of the molecule is O=[N+]([O-])c1c(NC2CCOC2c2ccc(F)c(F)c2)ccc2ncccc12. The molecule has 1 aliphatic heterocycles. The second kappa shape index (κ2) is 6.88. The Morgan fingerprint density at radius 1 is 1.19 bits per heavy atom. The van der Waals surface area contributed by atoms with Crippen LogP contribution >= 0.6 is 0 Å². The van der Waals surface area contributed by atoms with Crippen molar-refractivity contribution in [1.29, 1.82) is 0 Å². The van der Waals surface area contributed by atoms with Crippen molar-refractivity contribution in [3.8, 4) is 0 Å². The van der Waals surface area contributed by atoms with Gasteiger partial charge >= 0.3 is 5.69 Å². The Bertz CT molecular complexity index is 1030. The first-order valence-corrected chi connectivity index (χ1v) is 8.40. The summed E-state index contributed by atoms with van der Waals surface area (Å²) in [5.41, 5.74) is 1.27. The summed E-state index contributed by atoms with van der Waals surface area (Å²) in [6, 6.07) is 9.88. The van der Waals surface area contributed by atoms with E-state index in [1.165, 1.54) is 6.07 Å². The lowest BCUT2D eigenvalue weighted by molar-refractivity contribution is -0.382. The van der Waals surface area contributed by atoms with Crippen molar-refractivity contribution in [3.05, 3.63) is 76.0 Å². The zero-order valence-electron chi connectivity index (χ0n) is 14.1. The maximum absolute atomic E-state index is 13.6. The minimum Gasteiger partial charge on any atom is -0.374 e. The van der Waals surface area contributed by atoms with Gasteiger partial charge in [-0.2, -0.15) is 0 Å². The second-order valence-corrected chi connectivity index (χ2v) is 6.29. The molecule has 0 amide bonds. The molecule has 1 saturated heterocycles. The summed E-state index contributed by atoms with van der Waals surface area (Å²) < 4.78 is 32.5. The molecule has 2 aromatic carbocycles. The number of rotatable bonds is 4. The highest BCUT2D eigenvalue weighted by atomic mass is 19.2. The van der Waals surface area contributed by atoms with Crippen LogP contribution in [-0.2, 0) is 4.74 Å². The number of benzene rings is 2. The Labute approximate surface area is 152 Å². The lowest BCUT2D eigenvalue weighted by Gasteiger charge is -2.21. The maximum Gasteiger partial charge on any atom is 0.301 e. The van der Waals surface area contributed by atoms with Gasteiger partial charge in [0.25, 0.3) is 0 Å². The Morgan fingerprint density at radius 3 is 2.81 bits per heavy atom. The van der Waals surface area contributed by atoms with Gasteiger partial charge in [0.1, 0.15) is 11.8 Å². The van der Waals surface area contributed by atoms with Crippen LogP contribution in [-0.4, -0.2) is 22.6 Å². The molecule has 1 N–H and O–H groups in total. The van der Waals surface area contributed by atoms with Crippen LogP contribution in [0.4, 0.5) is 20.2 Å². The van der Waals surface area contributed by atoms with E-state index in [1.54, 1.807) is 30.5 Å². The number of nitro benzene ring substituents is 1. The van der Waals surface area contributed by atoms with Crippen LogP contribution in [0.25, 0.3) is 10.9 Å². The number of hydrogen-bond acceptors (Lipinski definition) is 5.